The SMILES string of the molecule is CNc1nccc(-c2c[nH]c(=O)c(NC3CN(C(=O)C=CCN(C)C)C3)c2)n1. The van der Waals surface area contributed by atoms with Crippen LogP contribution in [0.4, 0.5) is 11.6 Å². The van der Waals surface area contributed by atoms with Gasteiger partial charge in [0.15, 0.2) is 0 Å². The maximum Gasteiger partial charge on any atom is 0.271 e. The first-order valence-electron chi connectivity index (χ1n) is 9.07. The number of pyridine rings is 1. The minimum atomic E-state index is -0.206. The van der Waals surface area contributed by atoms with Crippen LogP contribution in [0.15, 0.2) is 41.5 Å². The molecule has 9 heteroatoms. The van der Waals surface area contributed by atoms with E-state index < -0.39 is 0 Å². The van der Waals surface area contributed by atoms with Crippen LogP contribution in [-0.2, 0) is 4.79 Å². The number of amides is 1. The first-order chi connectivity index (χ1) is 13.5. The standard InChI is InChI=1S/C19H25N7O2/c1-20-19-21-7-6-15(24-19)13-9-16(18(28)22-10-13)23-14-11-26(12-14)17(27)5-4-8-25(2)3/h4-7,9-10,14,23H,8,11-12H2,1-3H3,(H,22,28)(H,20,21,24). The summed E-state index contributed by atoms with van der Waals surface area (Å²) in [5.41, 5.74) is 1.74. The number of nitrogens with one attached hydrogen (secondary N) is 3. The van der Waals surface area contributed by atoms with Crippen molar-refractivity contribution in [2.24, 2.45) is 0 Å². The molecule has 148 valence electrons. The van der Waals surface area contributed by atoms with Gasteiger partial charge in [-0.25, -0.2) is 9.97 Å². The number of rotatable bonds is 7. The molecule has 0 bridgehead atoms. The lowest BCUT2D eigenvalue weighted by Gasteiger charge is -2.39. The van der Waals surface area contributed by atoms with Gasteiger partial charge in [-0.3, -0.25) is 9.59 Å². The number of aromatic amines is 1. The van der Waals surface area contributed by atoms with E-state index in [9.17, 15) is 9.59 Å². The van der Waals surface area contributed by atoms with Gasteiger partial charge in [-0.1, -0.05) is 6.08 Å². The molecule has 1 aliphatic rings. The second-order valence-electron chi connectivity index (χ2n) is 6.90. The lowest BCUT2D eigenvalue weighted by atomic mass is 10.1. The first-order valence-corrected chi connectivity index (χ1v) is 9.07. The van der Waals surface area contributed by atoms with Crippen LogP contribution in [-0.4, -0.2) is 77.5 Å². The fourth-order valence-corrected chi connectivity index (χ4v) is 2.82. The summed E-state index contributed by atoms with van der Waals surface area (Å²) in [4.78, 5) is 39.2. The Morgan fingerprint density at radius 2 is 2.21 bits per heavy atom. The van der Waals surface area contributed by atoms with E-state index in [-0.39, 0.29) is 17.5 Å². The van der Waals surface area contributed by atoms with Crippen molar-refractivity contribution in [3.63, 3.8) is 0 Å². The minimum Gasteiger partial charge on any atom is -0.374 e. The predicted octanol–water partition coefficient (Wildman–Crippen LogP) is 0.614. The van der Waals surface area contributed by atoms with E-state index >= 15 is 0 Å². The molecule has 0 atom stereocenters. The highest BCUT2D eigenvalue weighted by molar-refractivity contribution is 5.88. The largest absolute Gasteiger partial charge is 0.374 e. The van der Waals surface area contributed by atoms with Crippen molar-refractivity contribution >= 4 is 17.5 Å². The number of likely N-dealkylation sites (tertiary alicyclic amines) is 1. The van der Waals surface area contributed by atoms with Crippen LogP contribution in [0, 0.1) is 0 Å². The van der Waals surface area contributed by atoms with Crippen molar-refractivity contribution in [1.82, 2.24) is 24.8 Å². The molecule has 3 N–H and O–H groups in total. The minimum absolute atomic E-state index is 0.0110. The number of carbonyl (C=O) groups excluding carboxylic acids is 1. The summed E-state index contributed by atoms with van der Waals surface area (Å²) in [5.74, 6) is 0.497. The molecule has 2 aromatic heterocycles. The third-order valence-electron chi connectivity index (χ3n) is 4.36. The Morgan fingerprint density at radius 1 is 1.43 bits per heavy atom. The quantitative estimate of drug-likeness (QED) is 0.602. The summed E-state index contributed by atoms with van der Waals surface area (Å²) in [6, 6.07) is 3.59. The van der Waals surface area contributed by atoms with Gasteiger partial charge in [0.05, 0.1) is 11.7 Å². The molecule has 0 spiro atoms. The second kappa shape index (κ2) is 8.66. The van der Waals surface area contributed by atoms with Gasteiger partial charge in [0, 0.05) is 50.7 Å². The zero-order chi connectivity index (χ0) is 20.1. The number of nitrogens with zero attached hydrogens (tertiary/aromatic N) is 4. The molecular weight excluding hydrogens is 358 g/mol. The van der Waals surface area contributed by atoms with E-state index in [4.69, 9.17) is 0 Å². The summed E-state index contributed by atoms with van der Waals surface area (Å²) in [6.45, 7) is 1.85. The van der Waals surface area contributed by atoms with Crippen molar-refractivity contribution in [3.8, 4) is 11.3 Å². The van der Waals surface area contributed by atoms with Gasteiger partial charge in [-0.15, -0.1) is 0 Å². The molecule has 1 amide bonds. The highest BCUT2D eigenvalue weighted by atomic mass is 16.2. The molecule has 28 heavy (non-hydrogen) atoms. The summed E-state index contributed by atoms with van der Waals surface area (Å²) < 4.78 is 0. The van der Waals surface area contributed by atoms with Crippen LogP contribution in [0.3, 0.4) is 0 Å². The maximum atomic E-state index is 12.2. The van der Waals surface area contributed by atoms with Crippen molar-refractivity contribution in [2.75, 3.05) is 51.4 Å². The molecule has 0 aromatic carbocycles. The molecule has 9 nitrogen and oxygen atoms in total. The lowest BCUT2D eigenvalue weighted by Crippen LogP contribution is -2.57. The Morgan fingerprint density at radius 3 is 2.93 bits per heavy atom. The number of aromatic nitrogens is 3. The Kier molecular flexibility index (Phi) is 6.05. The smallest absolute Gasteiger partial charge is 0.271 e. The number of carbonyl (C=O) groups is 1. The predicted molar refractivity (Wildman–Crippen MR) is 109 cm³/mol. The molecule has 1 saturated heterocycles. The molecule has 0 saturated carbocycles. The molecule has 3 rings (SSSR count). The Balaban J connectivity index is 1.62. The number of H-pyrrole nitrogens is 1. The van der Waals surface area contributed by atoms with Crippen LogP contribution in [0.1, 0.15) is 0 Å². The number of hydrogen-bond acceptors (Lipinski definition) is 7. The Hall–Kier alpha value is -3.20. The summed E-state index contributed by atoms with van der Waals surface area (Å²) in [7, 11) is 5.65. The van der Waals surface area contributed by atoms with E-state index in [0.717, 1.165) is 12.1 Å². The van der Waals surface area contributed by atoms with Crippen molar-refractivity contribution in [2.45, 2.75) is 6.04 Å². The van der Waals surface area contributed by atoms with E-state index in [0.29, 0.717) is 30.4 Å². The molecule has 1 aliphatic heterocycles. The summed E-state index contributed by atoms with van der Waals surface area (Å²) in [5, 5.41) is 6.11. The highest BCUT2D eigenvalue weighted by Crippen LogP contribution is 2.20. The average molecular weight is 383 g/mol. The van der Waals surface area contributed by atoms with Gasteiger partial charge >= 0.3 is 0 Å². The third kappa shape index (κ3) is 4.74. The number of likely N-dealkylation sites (N-methyl/N-ethyl adjacent to an activating group) is 1. The molecule has 2 aromatic rings. The second-order valence-corrected chi connectivity index (χ2v) is 6.90. The van der Waals surface area contributed by atoms with Crippen LogP contribution in [0.25, 0.3) is 11.3 Å². The normalized spacial score (nSPS) is 14.4. The van der Waals surface area contributed by atoms with Crippen molar-refractivity contribution in [3.05, 3.63) is 47.0 Å². The number of anilines is 2. The van der Waals surface area contributed by atoms with Crippen LogP contribution < -0.4 is 16.2 Å². The van der Waals surface area contributed by atoms with Crippen molar-refractivity contribution < 1.29 is 4.79 Å². The van der Waals surface area contributed by atoms with Gasteiger partial charge in [-0.05, 0) is 26.2 Å². The topological polar surface area (TPSA) is 106 Å². The highest BCUT2D eigenvalue weighted by Gasteiger charge is 2.29. The van der Waals surface area contributed by atoms with Gasteiger partial charge < -0.3 is 25.4 Å². The van der Waals surface area contributed by atoms with Gasteiger partial charge in [0.2, 0.25) is 11.9 Å². The van der Waals surface area contributed by atoms with E-state index in [2.05, 4.69) is 25.6 Å². The van der Waals surface area contributed by atoms with E-state index in [1.165, 1.54) is 0 Å². The van der Waals surface area contributed by atoms with Gasteiger partial charge in [0.1, 0.15) is 5.69 Å². The van der Waals surface area contributed by atoms with Crippen LogP contribution >= 0.6 is 0 Å². The zero-order valence-corrected chi connectivity index (χ0v) is 16.3. The Labute approximate surface area is 163 Å². The van der Waals surface area contributed by atoms with Gasteiger partial charge in [-0.2, -0.15) is 0 Å². The van der Waals surface area contributed by atoms with Gasteiger partial charge in [0.25, 0.3) is 5.56 Å². The van der Waals surface area contributed by atoms with E-state index in [1.807, 2.05) is 25.1 Å². The summed E-state index contributed by atoms with van der Waals surface area (Å²) >= 11 is 0. The first kappa shape index (κ1) is 19.6. The van der Waals surface area contributed by atoms with Crippen LogP contribution in [0.5, 0.6) is 0 Å². The monoisotopic (exact) mass is 383 g/mol. The summed E-state index contributed by atoms with van der Waals surface area (Å²) in [6.07, 6.45) is 6.73. The fraction of sp³-hybridized carbons (Fsp3) is 0.368. The number of hydrogen-bond donors (Lipinski definition) is 3. The molecule has 0 aliphatic carbocycles. The molecule has 1 fully saturated rings. The van der Waals surface area contributed by atoms with Crippen LogP contribution in [0.2, 0.25) is 0 Å². The molecule has 3 heterocycles. The zero-order valence-electron chi connectivity index (χ0n) is 16.3. The Bertz CT molecular complexity index is 916. The van der Waals surface area contributed by atoms with E-state index in [1.54, 1.807) is 42.6 Å². The fourth-order valence-electron chi connectivity index (χ4n) is 2.82. The maximum absolute atomic E-state index is 12.2. The van der Waals surface area contributed by atoms with Crippen molar-refractivity contribution in [1.29, 1.82) is 0 Å². The molecular formula is C19H25N7O2. The average Bonchev–Trinajstić information content (AvgIpc) is 2.65. The molecule has 0 unspecified atom stereocenters. The third-order valence-corrected chi connectivity index (χ3v) is 4.36. The lowest BCUT2D eigenvalue weighted by molar-refractivity contribution is -0.129. The molecule has 0 radical (unpaired) electrons.